The van der Waals surface area contributed by atoms with Crippen LogP contribution in [-0.2, 0) is 17.8 Å². The molecule has 2 amide bonds. The van der Waals surface area contributed by atoms with Gasteiger partial charge in [-0.15, -0.1) is 0 Å². The van der Waals surface area contributed by atoms with E-state index < -0.39 is 0 Å². The number of nitrogens with one attached hydrogen (secondary N) is 1. The first-order valence-electron chi connectivity index (χ1n) is 10.4. The van der Waals surface area contributed by atoms with Crippen molar-refractivity contribution in [2.75, 3.05) is 19.7 Å². The molecule has 3 heterocycles. The van der Waals surface area contributed by atoms with Crippen LogP contribution in [0.2, 0.25) is 0 Å². The van der Waals surface area contributed by atoms with Crippen LogP contribution < -0.4 is 5.32 Å². The molecule has 2 aromatic carbocycles. The maximum Gasteiger partial charge on any atom is 0.290 e. The molecule has 0 radical (unpaired) electrons. The van der Waals surface area contributed by atoms with E-state index in [1.165, 1.54) is 0 Å². The van der Waals surface area contributed by atoms with Gasteiger partial charge in [-0.3, -0.25) is 9.59 Å². The summed E-state index contributed by atoms with van der Waals surface area (Å²) >= 11 is 0. The standard InChI is InChI=1S/C23H24N4O3/c28-22(24-14-18-7-4-12-30-18)17-8-9-20-19(13-17)25-21-23(29)26(10-11-27(20)21)15-16-5-2-1-3-6-16/h1-3,5-6,8-9,13,18H,4,7,10-12,14-15H2,(H,24,28)/t18-/m0/s1. The monoisotopic (exact) mass is 404 g/mol. The molecule has 0 aliphatic carbocycles. The third kappa shape index (κ3) is 3.57. The Morgan fingerprint density at radius 1 is 1.17 bits per heavy atom. The Labute approximate surface area is 174 Å². The number of carbonyl (C=O) groups is 2. The molecule has 5 rings (SSSR count). The van der Waals surface area contributed by atoms with E-state index >= 15 is 0 Å². The average Bonchev–Trinajstić information content (AvgIpc) is 3.42. The van der Waals surface area contributed by atoms with Crippen molar-refractivity contribution in [3.8, 4) is 0 Å². The largest absolute Gasteiger partial charge is 0.376 e. The van der Waals surface area contributed by atoms with Crippen LogP contribution in [0.3, 0.4) is 0 Å². The van der Waals surface area contributed by atoms with Gasteiger partial charge in [0.1, 0.15) is 0 Å². The number of nitrogens with zero attached hydrogens (tertiary/aromatic N) is 3. The average molecular weight is 404 g/mol. The Hall–Kier alpha value is -3.19. The molecule has 30 heavy (non-hydrogen) atoms. The Morgan fingerprint density at radius 2 is 2.03 bits per heavy atom. The second kappa shape index (κ2) is 7.91. The van der Waals surface area contributed by atoms with Gasteiger partial charge in [0.2, 0.25) is 0 Å². The summed E-state index contributed by atoms with van der Waals surface area (Å²) in [5.41, 5.74) is 3.20. The third-order valence-electron chi connectivity index (χ3n) is 5.81. The van der Waals surface area contributed by atoms with Crippen molar-refractivity contribution >= 4 is 22.8 Å². The minimum atomic E-state index is -0.143. The molecule has 0 unspecified atom stereocenters. The zero-order chi connectivity index (χ0) is 20.5. The van der Waals surface area contributed by atoms with Gasteiger partial charge in [-0.05, 0) is 36.6 Å². The van der Waals surface area contributed by atoms with Crippen molar-refractivity contribution in [3.63, 3.8) is 0 Å². The van der Waals surface area contributed by atoms with Crippen molar-refractivity contribution in [1.82, 2.24) is 19.8 Å². The highest BCUT2D eigenvalue weighted by atomic mass is 16.5. The van der Waals surface area contributed by atoms with Crippen LogP contribution in [0.1, 0.15) is 39.4 Å². The van der Waals surface area contributed by atoms with Crippen LogP contribution in [0.4, 0.5) is 0 Å². The fourth-order valence-electron chi connectivity index (χ4n) is 4.19. The van der Waals surface area contributed by atoms with Crippen LogP contribution in [0.25, 0.3) is 11.0 Å². The summed E-state index contributed by atoms with van der Waals surface area (Å²) in [5, 5.41) is 2.94. The van der Waals surface area contributed by atoms with Gasteiger partial charge in [0, 0.05) is 38.3 Å². The SMILES string of the molecule is O=C(NC[C@@H]1CCCO1)c1ccc2c(c1)nc1n2CCN(Cc2ccccc2)C1=O. The summed E-state index contributed by atoms with van der Waals surface area (Å²) in [6.07, 6.45) is 2.13. The minimum absolute atomic E-state index is 0.0781. The van der Waals surface area contributed by atoms with Crippen molar-refractivity contribution in [1.29, 1.82) is 0 Å². The Bertz CT molecular complexity index is 1090. The minimum Gasteiger partial charge on any atom is -0.376 e. The molecule has 2 aliphatic rings. The number of benzene rings is 2. The Balaban J connectivity index is 1.34. The summed E-state index contributed by atoms with van der Waals surface area (Å²) in [5.74, 6) is 0.213. The number of hydrogen-bond acceptors (Lipinski definition) is 4. The molecule has 0 saturated carbocycles. The van der Waals surface area contributed by atoms with Crippen LogP contribution in [0.15, 0.2) is 48.5 Å². The zero-order valence-electron chi connectivity index (χ0n) is 16.7. The molecule has 7 heteroatoms. The van der Waals surface area contributed by atoms with E-state index in [1.54, 1.807) is 12.1 Å². The predicted molar refractivity (Wildman–Crippen MR) is 112 cm³/mol. The number of aromatic nitrogens is 2. The predicted octanol–water partition coefficient (Wildman–Crippen LogP) is 2.60. The van der Waals surface area contributed by atoms with Crippen LogP contribution in [0.5, 0.6) is 0 Å². The van der Waals surface area contributed by atoms with E-state index in [0.717, 1.165) is 30.5 Å². The van der Waals surface area contributed by atoms with Gasteiger partial charge < -0.3 is 19.5 Å². The van der Waals surface area contributed by atoms with E-state index in [2.05, 4.69) is 10.3 Å². The van der Waals surface area contributed by atoms with Gasteiger partial charge in [-0.2, -0.15) is 0 Å². The number of ether oxygens (including phenoxy) is 1. The van der Waals surface area contributed by atoms with E-state index in [1.807, 2.05) is 45.9 Å². The van der Waals surface area contributed by atoms with E-state index in [0.29, 0.717) is 43.1 Å². The fraction of sp³-hybridized carbons (Fsp3) is 0.348. The number of amides is 2. The van der Waals surface area contributed by atoms with Crippen molar-refractivity contribution < 1.29 is 14.3 Å². The fourth-order valence-corrected chi connectivity index (χ4v) is 4.19. The molecular weight excluding hydrogens is 380 g/mol. The van der Waals surface area contributed by atoms with E-state index in [4.69, 9.17) is 4.74 Å². The topological polar surface area (TPSA) is 76.5 Å². The summed E-state index contributed by atoms with van der Waals surface area (Å²) in [4.78, 5) is 31.9. The molecule has 1 saturated heterocycles. The Morgan fingerprint density at radius 3 is 2.83 bits per heavy atom. The summed E-state index contributed by atoms with van der Waals surface area (Å²) in [7, 11) is 0. The maximum atomic E-state index is 13.0. The quantitative estimate of drug-likeness (QED) is 0.709. The number of hydrogen-bond donors (Lipinski definition) is 1. The molecule has 2 aliphatic heterocycles. The van der Waals surface area contributed by atoms with Crippen molar-refractivity contribution in [2.24, 2.45) is 0 Å². The molecular formula is C23H24N4O3. The van der Waals surface area contributed by atoms with Gasteiger partial charge in [0.15, 0.2) is 5.82 Å². The molecule has 1 fully saturated rings. The van der Waals surface area contributed by atoms with E-state index in [-0.39, 0.29) is 17.9 Å². The van der Waals surface area contributed by atoms with Gasteiger partial charge >= 0.3 is 0 Å². The Kier molecular flexibility index (Phi) is 4.96. The molecule has 1 N–H and O–H groups in total. The lowest BCUT2D eigenvalue weighted by Gasteiger charge is -2.27. The van der Waals surface area contributed by atoms with Crippen molar-refractivity contribution in [2.45, 2.75) is 32.0 Å². The first kappa shape index (κ1) is 18.8. The van der Waals surface area contributed by atoms with Crippen LogP contribution in [-0.4, -0.2) is 52.1 Å². The lowest BCUT2D eigenvalue weighted by Crippen LogP contribution is -2.39. The lowest BCUT2D eigenvalue weighted by atomic mass is 10.1. The highest BCUT2D eigenvalue weighted by Gasteiger charge is 2.28. The van der Waals surface area contributed by atoms with Crippen LogP contribution in [0, 0.1) is 0 Å². The van der Waals surface area contributed by atoms with Crippen molar-refractivity contribution in [3.05, 3.63) is 65.5 Å². The first-order valence-corrected chi connectivity index (χ1v) is 10.4. The van der Waals surface area contributed by atoms with Gasteiger partial charge in [0.05, 0.1) is 17.1 Å². The molecule has 7 nitrogen and oxygen atoms in total. The number of imidazole rings is 1. The number of fused-ring (bicyclic) bond motifs is 3. The number of carbonyl (C=O) groups excluding carboxylic acids is 2. The number of rotatable bonds is 5. The molecule has 0 bridgehead atoms. The first-order chi connectivity index (χ1) is 14.7. The van der Waals surface area contributed by atoms with Gasteiger partial charge in [-0.1, -0.05) is 30.3 Å². The summed E-state index contributed by atoms with van der Waals surface area (Å²) in [6, 6.07) is 15.4. The summed E-state index contributed by atoms with van der Waals surface area (Å²) < 4.78 is 7.51. The molecule has 1 atom stereocenters. The second-order valence-electron chi connectivity index (χ2n) is 7.85. The highest BCUT2D eigenvalue weighted by molar-refractivity contribution is 6.00. The van der Waals surface area contributed by atoms with Gasteiger partial charge in [-0.25, -0.2) is 4.98 Å². The third-order valence-corrected chi connectivity index (χ3v) is 5.81. The smallest absolute Gasteiger partial charge is 0.290 e. The maximum absolute atomic E-state index is 13.0. The van der Waals surface area contributed by atoms with Gasteiger partial charge in [0.25, 0.3) is 11.8 Å². The summed E-state index contributed by atoms with van der Waals surface area (Å²) in [6.45, 7) is 3.18. The molecule has 3 aromatic rings. The molecule has 0 spiro atoms. The normalized spacial score (nSPS) is 18.6. The molecule has 154 valence electrons. The zero-order valence-corrected chi connectivity index (χ0v) is 16.7. The highest BCUT2D eigenvalue weighted by Crippen LogP contribution is 2.23. The van der Waals surface area contributed by atoms with Crippen LogP contribution >= 0.6 is 0 Å². The lowest BCUT2D eigenvalue weighted by molar-refractivity contribution is 0.0685. The van der Waals surface area contributed by atoms with E-state index in [9.17, 15) is 9.59 Å². The molecule has 1 aromatic heterocycles. The second-order valence-corrected chi connectivity index (χ2v) is 7.85.